The average molecular weight is 342 g/mol. The van der Waals surface area contributed by atoms with Gasteiger partial charge in [0.1, 0.15) is 0 Å². The predicted molar refractivity (Wildman–Crippen MR) is 95.6 cm³/mol. The zero-order valence-electron chi connectivity index (χ0n) is 13.9. The first-order valence-electron chi connectivity index (χ1n) is 7.48. The third kappa shape index (κ3) is 2.94. The van der Waals surface area contributed by atoms with Crippen molar-refractivity contribution in [3.8, 4) is 11.1 Å². The van der Waals surface area contributed by atoms with Crippen LogP contribution in [0, 0.1) is 6.92 Å². The lowest BCUT2D eigenvalue weighted by Gasteiger charge is -2.30. The number of anilines is 1. The Hall–Kier alpha value is -2.54. The van der Waals surface area contributed by atoms with E-state index in [1.54, 1.807) is 18.6 Å². The number of rotatable bonds is 2. The second-order valence-electron chi connectivity index (χ2n) is 6.52. The number of nitrogens with zero attached hydrogens (tertiary/aromatic N) is 4. The van der Waals surface area contributed by atoms with Gasteiger partial charge in [-0.3, -0.25) is 4.98 Å². The molecule has 6 nitrogen and oxygen atoms in total. The zero-order chi connectivity index (χ0) is 17.5. The van der Waals surface area contributed by atoms with Crippen LogP contribution in [0.25, 0.3) is 21.5 Å². The van der Waals surface area contributed by atoms with Crippen molar-refractivity contribution in [2.24, 2.45) is 0 Å². The molecule has 1 amide bonds. The van der Waals surface area contributed by atoms with E-state index >= 15 is 0 Å². The fourth-order valence-electron chi connectivity index (χ4n) is 2.47. The number of fused-ring (bicyclic) bond motifs is 1. The molecule has 0 spiro atoms. The van der Waals surface area contributed by atoms with Gasteiger partial charge in [-0.15, -0.1) is 0 Å². The van der Waals surface area contributed by atoms with Gasteiger partial charge in [-0.2, -0.15) is 4.98 Å². The van der Waals surface area contributed by atoms with E-state index in [1.165, 1.54) is 16.2 Å². The van der Waals surface area contributed by atoms with Gasteiger partial charge in [0.2, 0.25) is 0 Å². The largest absolute Gasteiger partial charge is 0.465 e. The van der Waals surface area contributed by atoms with Gasteiger partial charge in [-0.1, -0.05) is 11.3 Å². The van der Waals surface area contributed by atoms with Gasteiger partial charge in [-0.05, 0) is 45.4 Å². The summed E-state index contributed by atoms with van der Waals surface area (Å²) in [6.45, 7) is 7.53. The monoisotopic (exact) mass is 342 g/mol. The highest BCUT2D eigenvalue weighted by atomic mass is 32.1. The molecule has 0 bridgehead atoms. The minimum absolute atomic E-state index is 0.428. The number of hydrogen-bond acceptors (Lipinski definition) is 5. The molecular formula is C17H18N4O2S. The normalized spacial score (nSPS) is 11.7. The standard InChI is InChI=1S/C17H18N4O2S/c1-10-5-6-18-9-12(10)11-7-13-14(19-8-11)20-15(24-13)21(16(22)23)17(2,3)4/h5-9H,1-4H3,(H,22,23). The summed E-state index contributed by atoms with van der Waals surface area (Å²) in [5.74, 6) is 0. The van der Waals surface area contributed by atoms with Crippen molar-refractivity contribution in [1.29, 1.82) is 0 Å². The van der Waals surface area contributed by atoms with Crippen molar-refractivity contribution in [1.82, 2.24) is 15.0 Å². The van der Waals surface area contributed by atoms with Crippen LogP contribution in [0.1, 0.15) is 26.3 Å². The Bertz CT molecular complexity index is 914. The van der Waals surface area contributed by atoms with E-state index < -0.39 is 11.6 Å². The van der Waals surface area contributed by atoms with Gasteiger partial charge in [-0.25, -0.2) is 14.7 Å². The molecule has 3 aromatic heterocycles. The first-order chi connectivity index (χ1) is 11.3. The second-order valence-corrected chi connectivity index (χ2v) is 7.53. The molecule has 1 N–H and O–H groups in total. The lowest BCUT2D eigenvalue weighted by Crippen LogP contribution is -2.45. The first-order valence-corrected chi connectivity index (χ1v) is 8.30. The van der Waals surface area contributed by atoms with Crippen molar-refractivity contribution in [3.05, 3.63) is 36.3 Å². The molecule has 0 fully saturated rings. The molecule has 0 saturated heterocycles. The number of hydrogen-bond donors (Lipinski definition) is 1. The van der Waals surface area contributed by atoms with Crippen LogP contribution in [0.4, 0.5) is 9.93 Å². The highest BCUT2D eigenvalue weighted by molar-refractivity contribution is 7.22. The topological polar surface area (TPSA) is 79.2 Å². The summed E-state index contributed by atoms with van der Waals surface area (Å²) < 4.78 is 0.848. The predicted octanol–water partition coefficient (Wildman–Crippen LogP) is 4.34. The van der Waals surface area contributed by atoms with E-state index in [0.29, 0.717) is 10.8 Å². The summed E-state index contributed by atoms with van der Waals surface area (Å²) in [7, 11) is 0. The molecule has 3 aromatic rings. The van der Waals surface area contributed by atoms with E-state index in [9.17, 15) is 9.90 Å². The minimum atomic E-state index is -1.02. The van der Waals surface area contributed by atoms with E-state index in [4.69, 9.17) is 0 Å². The third-order valence-electron chi connectivity index (χ3n) is 3.64. The van der Waals surface area contributed by atoms with E-state index in [2.05, 4.69) is 15.0 Å². The number of aromatic nitrogens is 3. The van der Waals surface area contributed by atoms with Crippen molar-refractivity contribution >= 4 is 32.9 Å². The highest BCUT2D eigenvalue weighted by Gasteiger charge is 2.30. The number of thiazole rings is 1. The Kier molecular flexibility index (Phi) is 3.96. The second kappa shape index (κ2) is 5.83. The van der Waals surface area contributed by atoms with Crippen molar-refractivity contribution < 1.29 is 9.90 Å². The summed E-state index contributed by atoms with van der Waals surface area (Å²) in [6.07, 6.45) is 4.28. The number of carboxylic acid groups (broad SMARTS) is 1. The minimum Gasteiger partial charge on any atom is -0.465 e. The third-order valence-corrected chi connectivity index (χ3v) is 4.62. The van der Waals surface area contributed by atoms with Gasteiger partial charge in [0.25, 0.3) is 0 Å². The molecular weight excluding hydrogens is 324 g/mol. The van der Waals surface area contributed by atoms with Crippen molar-refractivity contribution in [2.75, 3.05) is 4.90 Å². The van der Waals surface area contributed by atoms with E-state index in [0.717, 1.165) is 21.4 Å². The summed E-state index contributed by atoms with van der Waals surface area (Å²) in [6, 6.07) is 3.93. The van der Waals surface area contributed by atoms with E-state index in [-0.39, 0.29) is 0 Å². The number of carbonyl (C=O) groups is 1. The van der Waals surface area contributed by atoms with E-state index in [1.807, 2.05) is 39.8 Å². The van der Waals surface area contributed by atoms with Crippen LogP contribution in [0.15, 0.2) is 30.7 Å². The first kappa shape index (κ1) is 16.3. The van der Waals surface area contributed by atoms with Gasteiger partial charge < -0.3 is 5.11 Å². The van der Waals surface area contributed by atoms with Crippen LogP contribution >= 0.6 is 11.3 Å². The maximum atomic E-state index is 11.6. The summed E-state index contributed by atoms with van der Waals surface area (Å²) in [5, 5.41) is 9.95. The number of amides is 1. The molecule has 0 atom stereocenters. The Morgan fingerprint density at radius 2 is 2.04 bits per heavy atom. The molecule has 0 unspecified atom stereocenters. The fourth-order valence-corrected chi connectivity index (χ4v) is 3.62. The molecule has 7 heteroatoms. The van der Waals surface area contributed by atoms with Gasteiger partial charge in [0.05, 0.1) is 4.70 Å². The molecule has 0 aromatic carbocycles. The van der Waals surface area contributed by atoms with Crippen LogP contribution in [0.3, 0.4) is 0 Å². The molecule has 0 aliphatic heterocycles. The van der Waals surface area contributed by atoms with Gasteiger partial charge >= 0.3 is 6.09 Å². The Balaban J connectivity index is 2.10. The molecule has 0 aliphatic carbocycles. The molecule has 0 saturated carbocycles. The smallest absolute Gasteiger partial charge is 0.414 e. The maximum absolute atomic E-state index is 11.6. The Labute approximate surface area is 143 Å². The number of aryl methyl sites for hydroxylation is 1. The van der Waals surface area contributed by atoms with Crippen LogP contribution < -0.4 is 4.90 Å². The quantitative estimate of drug-likeness (QED) is 0.749. The van der Waals surface area contributed by atoms with Crippen LogP contribution in [-0.2, 0) is 0 Å². The maximum Gasteiger partial charge on any atom is 0.414 e. The summed E-state index contributed by atoms with van der Waals surface area (Å²) in [5.41, 5.74) is 3.03. The highest BCUT2D eigenvalue weighted by Crippen LogP contribution is 2.34. The number of pyridine rings is 2. The molecule has 124 valence electrons. The van der Waals surface area contributed by atoms with Crippen LogP contribution in [-0.4, -0.2) is 31.7 Å². The zero-order valence-corrected chi connectivity index (χ0v) is 14.8. The Morgan fingerprint density at radius 1 is 1.29 bits per heavy atom. The molecule has 0 radical (unpaired) electrons. The molecule has 3 heterocycles. The fraction of sp³-hybridized carbons (Fsp3) is 0.294. The average Bonchev–Trinajstić information content (AvgIpc) is 2.87. The SMILES string of the molecule is Cc1ccncc1-c1cnc2nc(N(C(=O)O)C(C)(C)C)sc2c1. The van der Waals surface area contributed by atoms with Crippen LogP contribution in [0.5, 0.6) is 0 Å². The molecule has 0 aliphatic rings. The summed E-state index contributed by atoms with van der Waals surface area (Å²) in [4.78, 5) is 25.8. The van der Waals surface area contributed by atoms with Gasteiger partial charge in [0, 0.05) is 35.3 Å². The Morgan fingerprint density at radius 3 is 2.67 bits per heavy atom. The lowest BCUT2D eigenvalue weighted by atomic mass is 10.1. The van der Waals surface area contributed by atoms with Crippen molar-refractivity contribution in [3.63, 3.8) is 0 Å². The lowest BCUT2D eigenvalue weighted by molar-refractivity contribution is 0.195. The molecule has 24 heavy (non-hydrogen) atoms. The van der Waals surface area contributed by atoms with Crippen molar-refractivity contribution in [2.45, 2.75) is 33.2 Å². The summed E-state index contributed by atoms with van der Waals surface area (Å²) >= 11 is 1.33. The van der Waals surface area contributed by atoms with Gasteiger partial charge in [0.15, 0.2) is 10.8 Å². The molecule has 3 rings (SSSR count). The van der Waals surface area contributed by atoms with Crippen LogP contribution in [0.2, 0.25) is 0 Å².